The number of hydrogen-bond acceptors (Lipinski definition) is 3. The van der Waals surface area contributed by atoms with Crippen molar-refractivity contribution < 1.29 is 5.11 Å². The Bertz CT molecular complexity index is 422. The van der Waals surface area contributed by atoms with Crippen molar-refractivity contribution in [2.75, 3.05) is 11.9 Å². The average molecular weight is 251 g/mol. The van der Waals surface area contributed by atoms with Crippen molar-refractivity contribution in [2.24, 2.45) is 0 Å². The van der Waals surface area contributed by atoms with Crippen LogP contribution in [0.5, 0.6) is 0 Å². The van der Waals surface area contributed by atoms with Gasteiger partial charge < -0.3 is 10.4 Å². The standard InChI is InChI=1S/C13H14N2O.ClH/c16-12(11-6-2-1-3-7-11)10-15-13-8-4-5-9-14-13;/h1-9,12,16H,10H2,(H,14,15);1H. The molecule has 0 saturated carbocycles. The molecule has 0 spiro atoms. The molecule has 0 aliphatic heterocycles. The molecule has 2 rings (SSSR count). The molecule has 0 radical (unpaired) electrons. The zero-order chi connectivity index (χ0) is 11.2. The van der Waals surface area contributed by atoms with Crippen molar-refractivity contribution in [1.82, 2.24) is 4.98 Å². The maximum absolute atomic E-state index is 9.89. The van der Waals surface area contributed by atoms with Gasteiger partial charge in [-0.05, 0) is 17.7 Å². The molecule has 1 aromatic heterocycles. The number of rotatable bonds is 4. The van der Waals surface area contributed by atoms with Gasteiger partial charge in [0, 0.05) is 12.7 Å². The first kappa shape index (κ1) is 13.5. The zero-order valence-corrected chi connectivity index (χ0v) is 10.1. The fraction of sp³-hybridized carbons (Fsp3) is 0.154. The summed E-state index contributed by atoms with van der Waals surface area (Å²) in [6.45, 7) is 0.459. The number of pyridine rings is 1. The Labute approximate surface area is 107 Å². The van der Waals surface area contributed by atoms with Crippen LogP contribution in [0.25, 0.3) is 0 Å². The van der Waals surface area contributed by atoms with Gasteiger partial charge in [-0.25, -0.2) is 4.98 Å². The maximum atomic E-state index is 9.89. The Balaban J connectivity index is 0.00000144. The van der Waals surface area contributed by atoms with Gasteiger partial charge in [0.25, 0.3) is 0 Å². The lowest BCUT2D eigenvalue weighted by Crippen LogP contribution is -2.12. The van der Waals surface area contributed by atoms with Crippen LogP contribution in [0.4, 0.5) is 5.82 Å². The van der Waals surface area contributed by atoms with Crippen molar-refractivity contribution >= 4 is 18.2 Å². The quantitative estimate of drug-likeness (QED) is 0.877. The second-order valence-electron chi connectivity index (χ2n) is 3.52. The normalized spacial score (nSPS) is 11.4. The lowest BCUT2D eigenvalue weighted by Gasteiger charge is -2.12. The zero-order valence-electron chi connectivity index (χ0n) is 9.28. The van der Waals surface area contributed by atoms with Crippen LogP contribution in [-0.2, 0) is 0 Å². The lowest BCUT2D eigenvalue weighted by molar-refractivity contribution is 0.191. The summed E-state index contributed by atoms with van der Waals surface area (Å²) in [6, 6.07) is 15.2. The van der Waals surface area contributed by atoms with E-state index >= 15 is 0 Å². The van der Waals surface area contributed by atoms with Crippen LogP contribution in [0.3, 0.4) is 0 Å². The third kappa shape index (κ3) is 4.06. The van der Waals surface area contributed by atoms with Gasteiger partial charge >= 0.3 is 0 Å². The van der Waals surface area contributed by atoms with E-state index in [1.165, 1.54) is 0 Å². The van der Waals surface area contributed by atoms with E-state index in [2.05, 4.69) is 10.3 Å². The van der Waals surface area contributed by atoms with E-state index in [4.69, 9.17) is 0 Å². The fourth-order valence-electron chi connectivity index (χ4n) is 1.46. The number of benzene rings is 1. The van der Waals surface area contributed by atoms with Crippen molar-refractivity contribution in [3.8, 4) is 0 Å². The minimum Gasteiger partial charge on any atom is -0.387 e. The maximum Gasteiger partial charge on any atom is 0.125 e. The molecule has 3 nitrogen and oxygen atoms in total. The van der Waals surface area contributed by atoms with Crippen molar-refractivity contribution in [2.45, 2.75) is 6.10 Å². The van der Waals surface area contributed by atoms with Crippen molar-refractivity contribution in [1.29, 1.82) is 0 Å². The SMILES string of the molecule is Cl.OC(CNc1ccccn1)c1ccccc1. The van der Waals surface area contributed by atoms with Crippen LogP contribution in [0, 0.1) is 0 Å². The van der Waals surface area contributed by atoms with Crippen LogP contribution >= 0.6 is 12.4 Å². The van der Waals surface area contributed by atoms with Gasteiger partial charge in [0.05, 0.1) is 6.10 Å². The summed E-state index contributed by atoms with van der Waals surface area (Å²) in [5, 5.41) is 13.0. The summed E-state index contributed by atoms with van der Waals surface area (Å²) in [4.78, 5) is 4.12. The predicted molar refractivity (Wildman–Crippen MR) is 71.4 cm³/mol. The number of aromatic nitrogens is 1. The lowest BCUT2D eigenvalue weighted by atomic mass is 10.1. The minimum absolute atomic E-state index is 0. The van der Waals surface area contributed by atoms with Crippen LogP contribution in [0.2, 0.25) is 0 Å². The van der Waals surface area contributed by atoms with Crippen molar-refractivity contribution in [3.63, 3.8) is 0 Å². The average Bonchev–Trinajstić information content (AvgIpc) is 2.38. The summed E-state index contributed by atoms with van der Waals surface area (Å²) in [5.74, 6) is 0.775. The third-order valence-corrected chi connectivity index (χ3v) is 2.33. The van der Waals surface area contributed by atoms with E-state index in [1.807, 2.05) is 48.5 Å². The first-order chi connectivity index (χ1) is 7.86. The number of aliphatic hydroxyl groups excluding tert-OH is 1. The van der Waals surface area contributed by atoms with Gasteiger partial charge in [-0.15, -0.1) is 12.4 Å². The van der Waals surface area contributed by atoms with Gasteiger partial charge in [0.1, 0.15) is 5.82 Å². The van der Waals surface area contributed by atoms with Gasteiger partial charge in [-0.2, -0.15) is 0 Å². The third-order valence-electron chi connectivity index (χ3n) is 2.33. The summed E-state index contributed by atoms with van der Waals surface area (Å²) in [7, 11) is 0. The number of hydrogen-bond donors (Lipinski definition) is 2. The summed E-state index contributed by atoms with van der Waals surface area (Å²) >= 11 is 0. The molecule has 1 aromatic carbocycles. The second kappa shape index (κ2) is 6.89. The van der Waals surface area contributed by atoms with E-state index in [1.54, 1.807) is 6.20 Å². The number of aliphatic hydroxyl groups is 1. The van der Waals surface area contributed by atoms with Crippen LogP contribution in [0.1, 0.15) is 11.7 Å². The molecule has 2 N–H and O–H groups in total. The van der Waals surface area contributed by atoms with Crippen LogP contribution < -0.4 is 5.32 Å². The summed E-state index contributed by atoms with van der Waals surface area (Å²) in [5.41, 5.74) is 0.908. The van der Waals surface area contributed by atoms with E-state index in [0.29, 0.717) is 6.54 Å². The molecule has 0 aliphatic carbocycles. The molecule has 0 amide bonds. The molecule has 2 aromatic rings. The van der Waals surface area contributed by atoms with E-state index in [9.17, 15) is 5.11 Å². The Kier molecular flexibility index (Phi) is 5.46. The highest BCUT2D eigenvalue weighted by Gasteiger charge is 2.05. The second-order valence-corrected chi connectivity index (χ2v) is 3.52. The summed E-state index contributed by atoms with van der Waals surface area (Å²) in [6.07, 6.45) is 1.21. The molecular weight excluding hydrogens is 236 g/mol. The number of nitrogens with one attached hydrogen (secondary N) is 1. The monoisotopic (exact) mass is 250 g/mol. The van der Waals surface area contributed by atoms with Crippen LogP contribution in [-0.4, -0.2) is 16.6 Å². The molecule has 0 aliphatic rings. The van der Waals surface area contributed by atoms with E-state index < -0.39 is 6.10 Å². The molecule has 1 atom stereocenters. The topological polar surface area (TPSA) is 45.1 Å². The summed E-state index contributed by atoms with van der Waals surface area (Å²) < 4.78 is 0. The molecule has 4 heteroatoms. The first-order valence-corrected chi connectivity index (χ1v) is 5.24. The highest BCUT2D eigenvalue weighted by atomic mass is 35.5. The van der Waals surface area contributed by atoms with Gasteiger partial charge in [0.2, 0.25) is 0 Å². The molecule has 0 fully saturated rings. The molecule has 1 heterocycles. The number of anilines is 1. The largest absolute Gasteiger partial charge is 0.387 e. The smallest absolute Gasteiger partial charge is 0.125 e. The molecule has 17 heavy (non-hydrogen) atoms. The molecule has 0 saturated heterocycles. The molecular formula is C13H15ClN2O. The Morgan fingerprint density at radius 2 is 1.76 bits per heavy atom. The van der Waals surface area contributed by atoms with Gasteiger partial charge in [-0.3, -0.25) is 0 Å². The Morgan fingerprint density at radius 1 is 1.06 bits per heavy atom. The van der Waals surface area contributed by atoms with E-state index in [-0.39, 0.29) is 12.4 Å². The molecule has 0 bridgehead atoms. The molecule has 1 unspecified atom stereocenters. The Morgan fingerprint density at radius 3 is 2.41 bits per heavy atom. The van der Waals surface area contributed by atoms with Crippen molar-refractivity contribution in [3.05, 3.63) is 60.3 Å². The van der Waals surface area contributed by atoms with E-state index in [0.717, 1.165) is 11.4 Å². The fourth-order valence-corrected chi connectivity index (χ4v) is 1.46. The van der Waals surface area contributed by atoms with Crippen LogP contribution in [0.15, 0.2) is 54.7 Å². The highest BCUT2D eigenvalue weighted by Crippen LogP contribution is 2.12. The Hall–Kier alpha value is -1.58. The predicted octanol–water partition coefficient (Wildman–Crippen LogP) is 2.65. The van der Waals surface area contributed by atoms with Gasteiger partial charge in [-0.1, -0.05) is 36.4 Å². The van der Waals surface area contributed by atoms with Gasteiger partial charge in [0.15, 0.2) is 0 Å². The number of nitrogens with zero attached hydrogens (tertiary/aromatic N) is 1. The first-order valence-electron chi connectivity index (χ1n) is 5.24. The molecule has 90 valence electrons. The minimum atomic E-state index is -0.511. The number of halogens is 1. The highest BCUT2D eigenvalue weighted by molar-refractivity contribution is 5.85.